The van der Waals surface area contributed by atoms with E-state index in [0.717, 1.165) is 30.6 Å². The molecular formula is C23H23N5O2. The molecular weight excluding hydrogens is 378 g/mol. The van der Waals surface area contributed by atoms with Crippen molar-refractivity contribution in [2.24, 2.45) is 5.10 Å². The normalized spacial score (nSPS) is 10.8. The average Bonchev–Trinajstić information content (AvgIpc) is 2.77. The van der Waals surface area contributed by atoms with Gasteiger partial charge in [0.05, 0.1) is 18.5 Å². The first kappa shape index (κ1) is 21.0. The van der Waals surface area contributed by atoms with E-state index in [1.165, 1.54) is 0 Å². The van der Waals surface area contributed by atoms with Gasteiger partial charge >= 0.3 is 0 Å². The molecule has 1 aromatic heterocycles. The maximum Gasteiger partial charge on any atom is 0.270 e. The van der Waals surface area contributed by atoms with Crippen LogP contribution in [0.15, 0.2) is 64.5 Å². The van der Waals surface area contributed by atoms with E-state index in [9.17, 15) is 10.1 Å². The fourth-order valence-corrected chi connectivity index (χ4v) is 2.80. The van der Waals surface area contributed by atoms with Gasteiger partial charge in [-0.2, -0.15) is 10.4 Å². The Kier molecular flexibility index (Phi) is 7.47. The summed E-state index contributed by atoms with van der Waals surface area (Å²) in [5, 5.41) is 13.5. The van der Waals surface area contributed by atoms with Gasteiger partial charge in [0.2, 0.25) is 5.95 Å². The molecule has 3 rings (SSSR count). The Balaban J connectivity index is 1.73. The molecule has 0 fully saturated rings. The van der Waals surface area contributed by atoms with Gasteiger partial charge in [-0.15, -0.1) is 0 Å². The number of anilines is 1. The SMILES string of the molecule is CCCCOCc1cccc(C=NNc2nc(-c3ccccc3)c(C#N)c(=O)[nH]2)c1. The van der Waals surface area contributed by atoms with Crippen molar-refractivity contribution in [2.45, 2.75) is 26.4 Å². The van der Waals surface area contributed by atoms with Gasteiger partial charge in [-0.05, 0) is 23.6 Å². The minimum atomic E-state index is -0.518. The van der Waals surface area contributed by atoms with Crippen molar-refractivity contribution in [3.63, 3.8) is 0 Å². The molecule has 152 valence electrons. The summed E-state index contributed by atoms with van der Waals surface area (Å²) in [5.41, 5.74) is 5.13. The second-order valence-corrected chi connectivity index (χ2v) is 6.64. The number of nitriles is 1. The monoisotopic (exact) mass is 401 g/mol. The number of unbranched alkanes of at least 4 members (excludes halogenated alkanes) is 1. The van der Waals surface area contributed by atoms with Crippen LogP contribution in [0.25, 0.3) is 11.3 Å². The quantitative estimate of drug-likeness (QED) is 0.320. The van der Waals surface area contributed by atoms with Gasteiger partial charge in [0, 0.05) is 12.2 Å². The molecule has 0 unspecified atom stereocenters. The number of nitrogens with one attached hydrogen (secondary N) is 2. The Morgan fingerprint density at radius 1 is 1.23 bits per heavy atom. The molecule has 0 atom stereocenters. The van der Waals surface area contributed by atoms with E-state index in [1.807, 2.05) is 48.5 Å². The van der Waals surface area contributed by atoms with E-state index >= 15 is 0 Å². The van der Waals surface area contributed by atoms with Crippen LogP contribution >= 0.6 is 0 Å². The van der Waals surface area contributed by atoms with Crippen molar-refractivity contribution in [1.29, 1.82) is 5.26 Å². The highest BCUT2D eigenvalue weighted by Crippen LogP contribution is 2.19. The number of aromatic amines is 1. The Hall–Kier alpha value is -3.76. The molecule has 0 aliphatic carbocycles. The van der Waals surface area contributed by atoms with Gasteiger partial charge in [-0.3, -0.25) is 9.78 Å². The largest absolute Gasteiger partial charge is 0.377 e. The van der Waals surface area contributed by atoms with Gasteiger partial charge < -0.3 is 4.74 Å². The number of nitrogens with zero attached hydrogens (tertiary/aromatic N) is 3. The van der Waals surface area contributed by atoms with Crippen molar-refractivity contribution >= 4 is 12.2 Å². The summed E-state index contributed by atoms with van der Waals surface area (Å²) in [4.78, 5) is 19.2. The third-order valence-electron chi connectivity index (χ3n) is 4.32. The summed E-state index contributed by atoms with van der Waals surface area (Å²) in [7, 11) is 0. The highest BCUT2D eigenvalue weighted by molar-refractivity contribution is 5.80. The van der Waals surface area contributed by atoms with E-state index in [4.69, 9.17) is 4.74 Å². The van der Waals surface area contributed by atoms with Crippen LogP contribution in [0.4, 0.5) is 5.95 Å². The van der Waals surface area contributed by atoms with Crippen molar-refractivity contribution in [3.8, 4) is 17.3 Å². The van der Waals surface area contributed by atoms with Crippen LogP contribution in [0.1, 0.15) is 36.5 Å². The highest BCUT2D eigenvalue weighted by atomic mass is 16.5. The first-order chi connectivity index (χ1) is 14.7. The molecule has 0 aliphatic heterocycles. The molecule has 3 aromatic rings. The molecule has 0 amide bonds. The summed E-state index contributed by atoms with van der Waals surface area (Å²) in [5.74, 6) is 0.160. The van der Waals surface area contributed by atoms with Gasteiger partial charge in [0.25, 0.3) is 5.56 Å². The van der Waals surface area contributed by atoms with Gasteiger partial charge in [0.1, 0.15) is 11.6 Å². The first-order valence-corrected chi connectivity index (χ1v) is 9.77. The summed E-state index contributed by atoms with van der Waals surface area (Å²) in [6, 6.07) is 18.9. The zero-order chi connectivity index (χ0) is 21.2. The van der Waals surface area contributed by atoms with Crippen LogP contribution in [0.5, 0.6) is 0 Å². The van der Waals surface area contributed by atoms with Gasteiger partial charge in [-0.25, -0.2) is 10.4 Å². The van der Waals surface area contributed by atoms with Gasteiger partial charge in [0.15, 0.2) is 0 Å². The number of ether oxygens (including phenoxy) is 1. The Morgan fingerprint density at radius 3 is 2.83 bits per heavy atom. The van der Waals surface area contributed by atoms with Crippen LogP contribution in [0.2, 0.25) is 0 Å². The smallest absolute Gasteiger partial charge is 0.270 e. The van der Waals surface area contributed by atoms with Crippen molar-refractivity contribution in [2.75, 3.05) is 12.0 Å². The number of benzene rings is 2. The molecule has 2 N–H and O–H groups in total. The number of aromatic nitrogens is 2. The van der Waals surface area contributed by atoms with Crippen LogP contribution in [-0.2, 0) is 11.3 Å². The van der Waals surface area contributed by atoms with E-state index in [-0.39, 0.29) is 11.5 Å². The molecule has 7 heteroatoms. The predicted molar refractivity (Wildman–Crippen MR) is 117 cm³/mol. The van der Waals surface area contributed by atoms with E-state index in [0.29, 0.717) is 17.9 Å². The minimum Gasteiger partial charge on any atom is -0.377 e. The number of hydrogen-bond donors (Lipinski definition) is 2. The topological polar surface area (TPSA) is 103 Å². The van der Waals surface area contributed by atoms with E-state index in [2.05, 4.69) is 27.4 Å². The fraction of sp³-hybridized carbons (Fsp3) is 0.217. The summed E-state index contributed by atoms with van der Waals surface area (Å²) in [6.45, 7) is 3.43. The van der Waals surface area contributed by atoms with Crippen molar-refractivity contribution < 1.29 is 4.74 Å². The lowest BCUT2D eigenvalue weighted by Crippen LogP contribution is -2.16. The Labute approximate surface area is 175 Å². The van der Waals surface area contributed by atoms with E-state index < -0.39 is 5.56 Å². The number of hydrazone groups is 1. The molecule has 1 heterocycles. The lowest BCUT2D eigenvalue weighted by molar-refractivity contribution is 0.118. The Bertz CT molecular complexity index is 1100. The molecule has 2 aromatic carbocycles. The van der Waals surface area contributed by atoms with Crippen LogP contribution < -0.4 is 11.0 Å². The zero-order valence-electron chi connectivity index (χ0n) is 16.8. The average molecular weight is 401 g/mol. The Morgan fingerprint density at radius 2 is 2.07 bits per heavy atom. The van der Waals surface area contributed by atoms with Crippen LogP contribution in [0.3, 0.4) is 0 Å². The maximum atomic E-state index is 12.3. The van der Waals surface area contributed by atoms with Crippen molar-refractivity contribution in [3.05, 3.63) is 81.6 Å². The number of rotatable bonds is 9. The molecule has 0 saturated carbocycles. The molecule has 0 saturated heterocycles. The lowest BCUT2D eigenvalue weighted by atomic mass is 10.1. The fourth-order valence-electron chi connectivity index (χ4n) is 2.80. The second-order valence-electron chi connectivity index (χ2n) is 6.64. The molecule has 0 bridgehead atoms. The van der Waals surface area contributed by atoms with Crippen LogP contribution in [0, 0.1) is 11.3 Å². The lowest BCUT2D eigenvalue weighted by Gasteiger charge is -2.06. The summed E-state index contributed by atoms with van der Waals surface area (Å²) >= 11 is 0. The third kappa shape index (κ3) is 5.63. The molecule has 30 heavy (non-hydrogen) atoms. The second kappa shape index (κ2) is 10.7. The minimum absolute atomic E-state index is 0.0356. The van der Waals surface area contributed by atoms with Gasteiger partial charge in [-0.1, -0.05) is 61.9 Å². The maximum absolute atomic E-state index is 12.3. The third-order valence-corrected chi connectivity index (χ3v) is 4.32. The zero-order valence-corrected chi connectivity index (χ0v) is 16.8. The molecule has 0 spiro atoms. The predicted octanol–water partition coefficient (Wildman–Crippen LogP) is 4.07. The molecule has 0 aliphatic rings. The summed E-state index contributed by atoms with van der Waals surface area (Å²) in [6.07, 6.45) is 3.79. The van der Waals surface area contributed by atoms with Crippen LogP contribution in [-0.4, -0.2) is 22.8 Å². The first-order valence-electron chi connectivity index (χ1n) is 9.77. The molecule has 7 nitrogen and oxygen atoms in total. The molecule has 0 radical (unpaired) electrons. The standard InChI is InChI=1S/C23H23N5O2/c1-2-3-12-30-16-18-9-7-8-17(13-18)15-25-28-23-26-21(19-10-5-4-6-11-19)20(14-24)22(29)27-23/h4-11,13,15H,2-3,12,16H2,1H3,(H2,26,27,28,29). The number of hydrogen-bond acceptors (Lipinski definition) is 6. The van der Waals surface area contributed by atoms with E-state index in [1.54, 1.807) is 18.3 Å². The number of H-pyrrole nitrogens is 1. The highest BCUT2D eigenvalue weighted by Gasteiger charge is 2.12. The van der Waals surface area contributed by atoms with Crippen molar-refractivity contribution in [1.82, 2.24) is 9.97 Å². The summed E-state index contributed by atoms with van der Waals surface area (Å²) < 4.78 is 5.64.